The molecule has 0 heterocycles. The lowest BCUT2D eigenvalue weighted by Gasteiger charge is -2.31. The molecule has 1 aromatic carbocycles. The molecule has 0 radical (unpaired) electrons. The summed E-state index contributed by atoms with van der Waals surface area (Å²) in [5.41, 5.74) is 7.16. The molecule has 0 aliphatic heterocycles. The molecule has 1 atom stereocenters. The van der Waals surface area contributed by atoms with E-state index in [1.165, 1.54) is 0 Å². The lowest BCUT2D eigenvalue weighted by molar-refractivity contribution is 0.340. The van der Waals surface area contributed by atoms with Crippen molar-refractivity contribution in [3.05, 3.63) is 66.1 Å². The van der Waals surface area contributed by atoms with Crippen LogP contribution in [0.2, 0.25) is 0 Å². The van der Waals surface area contributed by atoms with Gasteiger partial charge in [0.15, 0.2) is 0 Å². The van der Waals surface area contributed by atoms with Gasteiger partial charge in [-0.3, -0.25) is 0 Å². The van der Waals surface area contributed by atoms with Gasteiger partial charge < -0.3 is 10.5 Å². The summed E-state index contributed by atoms with van der Waals surface area (Å²) in [6.45, 7) is 4.28. The maximum atomic E-state index is 6.28. The van der Waals surface area contributed by atoms with Crippen molar-refractivity contribution in [2.45, 2.75) is 25.8 Å². The van der Waals surface area contributed by atoms with E-state index in [4.69, 9.17) is 10.5 Å². The number of rotatable bonds is 4. The van der Waals surface area contributed by atoms with Gasteiger partial charge in [0.05, 0.1) is 6.26 Å². The van der Waals surface area contributed by atoms with Gasteiger partial charge in [0, 0.05) is 5.54 Å². The van der Waals surface area contributed by atoms with Crippen LogP contribution in [0.1, 0.15) is 25.8 Å². The van der Waals surface area contributed by atoms with Gasteiger partial charge >= 0.3 is 0 Å². The van der Waals surface area contributed by atoms with Gasteiger partial charge in [0.2, 0.25) is 0 Å². The first kappa shape index (κ1) is 13.6. The molecule has 2 rings (SSSR count). The Bertz CT molecular complexity index is 499. The van der Waals surface area contributed by atoms with Crippen LogP contribution in [-0.2, 0) is 4.74 Å². The number of hydrogen-bond acceptors (Lipinski definition) is 2. The third-order valence-electron chi connectivity index (χ3n) is 3.55. The number of ether oxygens (including phenoxy) is 1. The minimum atomic E-state index is -0.240. The monoisotopic (exact) mass is 255 g/mol. The van der Waals surface area contributed by atoms with Crippen LogP contribution in [0.15, 0.2) is 60.6 Å². The first-order valence-electron chi connectivity index (χ1n) is 6.67. The quantitative estimate of drug-likeness (QED) is 0.829. The SMILES string of the molecule is CC(C)C1(N)C=CC(OC=Cc2ccccc2)=CC1. The van der Waals surface area contributed by atoms with Gasteiger partial charge in [-0.15, -0.1) is 0 Å². The Morgan fingerprint density at radius 3 is 2.58 bits per heavy atom. The van der Waals surface area contributed by atoms with Crippen LogP contribution < -0.4 is 5.73 Å². The number of allylic oxidation sites excluding steroid dienone is 1. The molecule has 2 heteroatoms. The zero-order valence-electron chi connectivity index (χ0n) is 11.5. The van der Waals surface area contributed by atoms with Crippen molar-refractivity contribution in [2.75, 3.05) is 0 Å². The Hall–Kier alpha value is -1.80. The van der Waals surface area contributed by atoms with Crippen molar-refractivity contribution in [3.63, 3.8) is 0 Å². The first-order chi connectivity index (χ1) is 9.10. The Morgan fingerprint density at radius 2 is 2.00 bits per heavy atom. The van der Waals surface area contributed by atoms with Crippen LogP contribution in [0, 0.1) is 5.92 Å². The van der Waals surface area contributed by atoms with Crippen molar-refractivity contribution >= 4 is 6.08 Å². The third-order valence-corrected chi connectivity index (χ3v) is 3.55. The highest BCUT2D eigenvalue weighted by Crippen LogP contribution is 2.26. The molecule has 1 aliphatic carbocycles. The second-order valence-electron chi connectivity index (χ2n) is 5.24. The van der Waals surface area contributed by atoms with E-state index in [1.54, 1.807) is 6.26 Å². The van der Waals surface area contributed by atoms with Crippen molar-refractivity contribution in [3.8, 4) is 0 Å². The molecule has 0 spiro atoms. The molecule has 0 saturated heterocycles. The predicted molar refractivity (Wildman–Crippen MR) is 80.2 cm³/mol. The molecule has 1 aliphatic rings. The lowest BCUT2D eigenvalue weighted by Crippen LogP contribution is -2.43. The standard InChI is InChI=1S/C17H21NO/c1-14(2)17(18)11-8-16(9-12-17)19-13-10-15-6-4-3-5-7-15/h3-11,13-14H,12,18H2,1-2H3. The van der Waals surface area contributed by atoms with E-state index >= 15 is 0 Å². The van der Waals surface area contributed by atoms with Gasteiger partial charge in [-0.05, 0) is 36.1 Å². The molecule has 100 valence electrons. The Balaban J connectivity index is 1.91. The molecule has 0 saturated carbocycles. The van der Waals surface area contributed by atoms with Crippen molar-refractivity contribution < 1.29 is 4.74 Å². The second kappa shape index (κ2) is 5.89. The fraction of sp³-hybridized carbons (Fsp3) is 0.294. The van der Waals surface area contributed by atoms with E-state index < -0.39 is 0 Å². The molecular weight excluding hydrogens is 234 g/mol. The molecule has 2 nitrogen and oxygen atoms in total. The van der Waals surface area contributed by atoms with Gasteiger partial charge in [0.1, 0.15) is 5.76 Å². The van der Waals surface area contributed by atoms with Gasteiger partial charge in [-0.2, -0.15) is 0 Å². The summed E-state index contributed by atoms with van der Waals surface area (Å²) < 4.78 is 5.60. The molecule has 1 aromatic rings. The maximum absolute atomic E-state index is 6.28. The van der Waals surface area contributed by atoms with E-state index in [0.29, 0.717) is 5.92 Å². The molecule has 0 aromatic heterocycles. The second-order valence-corrected chi connectivity index (χ2v) is 5.24. The summed E-state index contributed by atoms with van der Waals surface area (Å²) in [5.74, 6) is 1.27. The number of benzene rings is 1. The zero-order valence-corrected chi connectivity index (χ0v) is 11.5. The van der Waals surface area contributed by atoms with Gasteiger partial charge in [0.25, 0.3) is 0 Å². The fourth-order valence-corrected chi connectivity index (χ4v) is 1.92. The highest BCUT2D eigenvalue weighted by molar-refractivity contribution is 5.47. The Morgan fingerprint density at radius 1 is 1.26 bits per heavy atom. The van der Waals surface area contributed by atoms with Crippen LogP contribution in [0.25, 0.3) is 6.08 Å². The molecule has 2 N–H and O–H groups in total. The van der Waals surface area contributed by atoms with Crippen LogP contribution in [0.5, 0.6) is 0 Å². The third kappa shape index (κ3) is 3.58. The largest absolute Gasteiger partial charge is 0.465 e. The summed E-state index contributed by atoms with van der Waals surface area (Å²) in [4.78, 5) is 0. The fourth-order valence-electron chi connectivity index (χ4n) is 1.92. The molecule has 1 unspecified atom stereocenters. The van der Waals surface area contributed by atoms with Crippen LogP contribution in [0.4, 0.5) is 0 Å². The predicted octanol–water partition coefficient (Wildman–Crippen LogP) is 3.87. The van der Waals surface area contributed by atoms with Crippen molar-refractivity contribution in [1.82, 2.24) is 0 Å². The molecule has 0 bridgehead atoms. The summed E-state index contributed by atoms with van der Waals surface area (Å²) in [6.07, 6.45) is 10.5. The topological polar surface area (TPSA) is 35.2 Å². The summed E-state index contributed by atoms with van der Waals surface area (Å²) in [7, 11) is 0. The summed E-state index contributed by atoms with van der Waals surface area (Å²) >= 11 is 0. The average Bonchev–Trinajstić information content (AvgIpc) is 2.42. The van der Waals surface area contributed by atoms with Crippen LogP contribution in [-0.4, -0.2) is 5.54 Å². The molecular formula is C17H21NO. The minimum Gasteiger partial charge on any atom is -0.465 e. The average molecular weight is 255 g/mol. The highest BCUT2D eigenvalue weighted by atomic mass is 16.5. The Kier molecular flexibility index (Phi) is 4.23. The van der Waals surface area contributed by atoms with Gasteiger partial charge in [-0.1, -0.05) is 50.3 Å². The van der Waals surface area contributed by atoms with Crippen molar-refractivity contribution in [1.29, 1.82) is 0 Å². The summed E-state index contributed by atoms with van der Waals surface area (Å²) in [6, 6.07) is 10.1. The smallest absolute Gasteiger partial charge is 0.122 e. The minimum absolute atomic E-state index is 0.240. The van der Waals surface area contributed by atoms with E-state index in [1.807, 2.05) is 48.6 Å². The number of nitrogens with two attached hydrogens (primary N) is 1. The van der Waals surface area contributed by atoms with Gasteiger partial charge in [-0.25, -0.2) is 0 Å². The zero-order chi connectivity index (χ0) is 13.7. The van der Waals surface area contributed by atoms with E-state index in [-0.39, 0.29) is 5.54 Å². The van der Waals surface area contributed by atoms with Crippen LogP contribution >= 0.6 is 0 Å². The molecule has 0 amide bonds. The van der Waals surface area contributed by atoms with E-state index in [9.17, 15) is 0 Å². The highest BCUT2D eigenvalue weighted by Gasteiger charge is 2.27. The molecule has 0 fully saturated rings. The maximum Gasteiger partial charge on any atom is 0.122 e. The summed E-state index contributed by atoms with van der Waals surface area (Å²) in [5, 5.41) is 0. The van der Waals surface area contributed by atoms with E-state index in [2.05, 4.69) is 19.9 Å². The normalized spacial score (nSPS) is 22.8. The molecule has 19 heavy (non-hydrogen) atoms. The van der Waals surface area contributed by atoms with E-state index in [0.717, 1.165) is 17.7 Å². The Labute approximate surface area is 115 Å². The first-order valence-corrected chi connectivity index (χ1v) is 6.67. The lowest BCUT2D eigenvalue weighted by atomic mass is 9.82. The van der Waals surface area contributed by atoms with Crippen molar-refractivity contribution in [2.24, 2.45) is 11.7 Å². The van der Waals surface area contributed by atoms with Crippen LogP contribution in [0.3, 0.4) is 0 Å². The number of hydrogen-bond donors (Lipinski definition) is 1.